The molecule has 0 heterocycles. The number of hydrogen-bond acceptors (Lipinski definition) is 3. The van der Waals surface area contributed by atoms with Crippen molar-refractivity contribution in [2.24, 2.45) is 0 Å². The summed E-state index contributed by atoms with van der Waals surface area (Å²) in [6.45, 7) is 15.7. The Labute approximate surface area is 137 Å². The molecule has 0 aromatic rings. The van der Waals surface area contributed by atoms with E-state index in [4.69, 9.17) is 0 Å². The third-order valence-electron chi connectivity index (χ3n) is 4.27. The van der Waals surface area contributed by atoms with Gasteiger partial charge in [0.05, 0.1) is 26.2 Å². The summed E-state index contributed by atoms with van der Waals surface area (Å²) in [4.78, 5) is 0. The van der Waals surface area contributed by atoms with Crippen molar-refractivity contribution in [2.45, 2.75) is 65.1 Å². The zero-order valence-corrected chi connectivity index (χ0v) is 15.4. The van der Waals surface area contributed by atoms with Crippen LogP contribution < -0.4 is 0 Å². The minimum absolute atomic E-state index is 0.199. The van der Waals surface area contributed by atoms with E-state index in [-0.39, 0.29) is 12.8 Å². The molecule has 0 saturated heterocycles. The van der Waals surface area contributed by atoms with Crippen molar-refractivity contribution in [3.63, 3.8) is 0 Å². The van der Waals surface area contributed by atoms with E-state index in [9.17, 15) is 30.5 Å². The Morgan fingerprint density at radius 3 is 1.39 bits per heavy atom. The van der Waals surface area contributed by atoms with E-state index in [1.165, 1.54) is 37.6 Å². The summed E-state index contributed by atoms with van der Waals surface area (Å²) in [6.07, 6.45) is -1.40. The van der Waals surface area contributed by atoms with E-state index in [1.54, 1.807) is 0 Å². The number of unbranched alkanes of at least 4 members (excludes halogenated alkanes) is 1. The van der Waals surface area contributed by atoms with E-state index >= 15 is 0 Å². The van der Waals surface area contributed by atoms with Crippen molar-refractivity contribution < 1.29 is 35.0 Å². The number of nitrogens with zero attached hydrogens (tertiary/aromatic N) is 1. The van der Waals surface area contributed by atoms with Gasteiger partial charge in [0.1, 0.15) is 0 Å². The fourth-order valence-electron chi connectivity index (χ4n) is 2.07. The lowest BCUT2D eigenvalue weighted by Gasteiger charge is -2.34. The van der Waals surface area contributed by atoms with Gasteiger partial charge in [0.25, 0.3) is 0 Å². The Bertz CT molecular complexity index is 406. The van der Waals surface area contributed by atoms with Crippen molar-refractivity contribution in [3.8, 4) is 0 Å². The molecule has 0 aliphatic heterocycles. The normalized spacial score (nSPS) is 13.5. The number of quaternary nitrogens is 1. The predicted octanol–water partition coefficient (Wildman–Crippen LogP) is 3.83. The first kappa shape index (κ1) is 24.8. The first-order chi connectivity index (χ1) is 10.3. The summed E-state index contributed by atoms with van der Waals surface area (Å²) in [5.41, 5.74) is 0. The molecular formula is C14H29F4NO3S. The molecule has 0 aromatic heterocycles. The van der Waals surface area contributed by atoms with Gasteiger partial charge in [-0.3, -0.25) is 0 Å². The molecule has 142 valence electrons. The third-order valence-corrected chi connectivity index (χ3v) is 5.19. The van der Waals surface area contributed by atoms with Crippen molar-refractivity contribution >= 4 is 10.1 Å². The van der Waals surface area contributed by atoms with Crippen LogP contribution in [0.15, 0.2) is 0 Å². The Balaban J connectivity index is 0. The van der Waals surface area contributed by atoms with Crippen LogP contribution in [0.3, 0.4) is 0 Å². The molecule has 0 rings (SSSR count). The Kier molecular flexibility index (Phi) is 10.6. The van der Waals surface area contributed by atoms with E-state index < -0.39 is 27.7 Å². The molecule has 0 amide bonds. The quantitative estimate of drug-likeness (QED) is 0.353. The van der Waals surface area contributed by atoms with Gasteiger partial charge in [0.2, 0.25) is 0 Å². The minimum Gasteiger partial charge on any atom is -0.743 e. The maximum Gasteiger partial charge on any atom is 0.396 e. The lowest BCUT2D eigenvalue weighted by atomic mass is 10.1. The molecule has 0 unspecified atom stereocenters. The molecule has 4 nitrogen and oxygen atoms in total. The van der Waals surface area contributed by atoms with Crippen LogP contribution in [0.25, 0.3) is 0 Å². The summed E-state index contributed by atoms with van der Waals surface area (Å²) >= 11 is 0. The number of hydrogen-bond donors (Lipinski definition) is 0. The highest BCUT2D eigenvalue weighted by Crippen LogP contribution is 2.41. The summed E-state index contributed by atoms with van der Waals surface area (Å²) in [5.74, 6) is -4.80. The number of halogens is 4. The van der Waals surface area contributed by atoms with Gasteiger partial charge in [-0.2, -0.15) is 17.6 Å². The Morgan fingerprint density at radius 1 is 0.870 bits per heavy atom. The summed E-state index contributed by atoms with van der Waals surface area (Å²) in [5, 5.41) is -5.53. The standard InChI is InChI=1S/C8H20N.C6H10F4O3S/c1-5-9(6-2,7-3)8-4;1-2-3-4-5(7,8)6(9,10)14(11,12)13/h5-8H2,1-4H3;2-4H2,1H3,(H,11,12,13)/q+1;/p-1. The molecular weight excluding hydrogens is 338 g/mol. The predicted molar refractivity (Wildman–Crippen MR) is 81.5 cm³/mol. The topological polar surface area (TPSA) is 57.2 Å². The van der Waals surface area contributed by atoms with Crippen LogP contribution in [-0.4, -0.2) is 54.8 Å². The van der Waals surface area contributed by atoms with E-state index in [1.807, 2.05) is 0 Å². The van der Waals surface area contributed by atoms with Gasteiger partial charge in [-0.1, -0.05) is 13.3 Å². The summed E-state index contributed by atoms with van der Waals surface area (Å²) in [6, 6.07) is 0. The molecule has 0 aliphatic rings. The van der Waals surface area contributed by atoms with Gasteiger partial charge in [0.15, 0.2) is 10.1 Å². The highest BCUT2D eigenvalue weighted by molar-refractivity contribution is 7.86. The number of rotatable bonds is 9. The summed E-state index contributed by atoms with van der Waals surface area (Å²) in [7, 11) is -6.32. The zero-order valence-electron chi connectivity index (χ0n) is 14.5. The zero-order chi connectivity index (χ0) is 18.9. The van der Waals surface area contributed by atoms with E-state index in [0.717, 1.165) is 0 Å². The van der Waals surface area contributed by atoms with Crippen LogP contribution >= 0.6 is 0 Å². The van der Waals surface area contributed by atoms with Gasteiger partial charge < -0.3 is 9.04 Å². The lowest BCUT2D eigenvalue weighted by Crippen LogP contribution is -2.47. The van der Waals surface area contributed by atoms with Crippen LogP contribution in [0, 0.1) is 0 Å². The Morgan fingerprint density at radius 2 is 1.22 bits per heavy atom. The second kappa shape index (κ2) is 9.78. The first-order valence-electron chi connectivity index (χ1n) is 7.86. The van der Waals surface area contributed by atoms with Crippen molar-refractivity contribution in [1.82, 2.24) is 0 Å². The van der Waals surface area contributed by atoms with Crippen LogP contribution in [0.5, 0.6) is 0 Å². The highest BCUT2D eigenvalue weighted by atomic mass is 32.2. The number of alkyl halides is 4. The second-order valence-electron chi connectivity index (χ2n) is 5.39. The van der Waals surface area contributed by atoms with Crippen LogP contribution in [-0.2, 0) is 10.1 Å². The minimum atomic E-state index is -6.32. The molecule has 0 fully saturated rings. The molecule has 0 atom stereocenters. The van der Waals surface area contributed by atoms with Gasteiger partial charge in [-0.25, -0.2) is 8.42 Å². The van der Waals surface area contributed by atoms with Crippen molar-refractivity contribution in [2.75, 3.05) is 26.2 Å². The third kappa shape index (κ3) is 6.93. The average molecular weight is 367 g/mol. The van der Waals surface area contributed by atoms with E-state index in [2.05, 4.69) is 27.7 Å². The van der Waals surface area contributed by atoms with Crippen molar-refractivity contribution in [3.05, 3.63) is 0 Å². The maximum atomic E-state index is 12.6. The highest BCUT2D eigenvalue weighted by Gasteiger charge is 2.60. The van der Waals surface area contributed by atoms with Crippen LogP contribution in [0.4, 0.5) is 17.6 Å². The molecule has 0 radical (unpaired) electrons. The molecule has 0 bridgehead atoms. The SMILES string of the molecule is CCCCC(F)(F)C(F)(F)S(=O)(=O)[O-].CC[N+](CC)(CC)CC. The fourth-order valence-corrected chi connectivity index (χ4v) is 2.54. The molecule has 0 aliphatic carbocycles. The molecule has 0 saturated carbocycles. The van der Waals surface area contributed by atoms with Gasteiger partial charge in [0, 0.05) is 6.42 Å². The summed E-state index contributed by atoms with van der Waals surface area (Å²) < 4.78 is 80.8. The Hall–Kier alpha value is -0.410. The van der Waals surface area contributed by atoms with Gasteiger partial charge >= 0.3 is 11.2 Å². The van der Waals surface area contributed by atoms with Crippen LogP contribution in [0.2, 0.25) is 0 Å². The molecule has 0 N–H and O–H groups in total. The van der Waals surface area contributed by atoms with Crippen molar-refractivity contribution in [1.29, 1.82) is 0 Å². The van der Waals surface area contributed by atoms with Gasteiger partial charge in [-0.05, 0) is 34.1 Å². The first-order valence-corrected chi connectivity index (χ1v) is 9.27. The fraction of sp³-hybridized carbons (Fsp3) is 1.00. The second-order valence-corrected chi connectivity index (χ2v) is 6.81. The maximum absolute atomic E-state index is 12.6. The average Bonchev–Trinajstić information content (AvgIpc) is 2.47. The van der Waals surface area contributed by atoms with E-state index in [0.29, 0.717) is 0 Å². The molecule has 0 aromatic carbocycles. The van der Waals surface area contributed by atoms with Crippen LogP contribution in [0.1, 0.15) is 53.9 Å². The molecule has 23 heavy (non-hydrogen) atoms. The van der Waals surface area contributed by atoms with Gasteiger partial charge in [-0.15, -0.1) is 0 Å². The molecule has 9 heteroatoms. The molecule has 0 spiro atoms. The largest absolute Gasteiger partial charge is 0.743 e. The lowest BCUT2D eigenvalue weighted by molar-refractivity contribution is -0.921. The monoisotopic (exact) mass is 367 g/mol. The smallest absolute Gasteiger partial charge is 0.396 e.